The number of carbonyl (C=O) groups is 1. The van der Waals surface area contributed by atoms with Gasteiger partial charge in [-0.15, -0.1) is 0 Å². The smallest absolute Gasteiger partial charge is 0.338 e. The van der Waals surface area contributed by atoms with Gasteiger partial charge in [0.05, 0.1) is 11.7 Å². The number of ether oxygens (including phenoxy) is 1. The molecular formula is C10H13NO3. The van der Waals surface area contributed by atoms with Crippen molar-refractivity contribution in [3.05, 3.63) is 33.7 Å². The van der Waals surface area contributed by atoms with Crippen molar-refractivity contribution in [3.63, 3.8) is 0 Å². The zero-order chi connectivity index (χ0) is 10.7. The van der Waals surface area contributed by atoms with E-state index < -0.39 is 5.97 Å². The lowest BCUT2D eigenvalue weighted by Crippen LogP contribution is -2.15. The van der Waals surface area contributed by atoms with Crippen LogP contribution in [-0.2, 0) is 4.74 Å². The van der Waals surface area contributed by atoms with E-state index in [0.29, 0.717) is 11.3 Å². The van der Waals surface area contributed by atoms with Crippen LogP contribution in [0.25, 0.3) is 0 Å². The molecule has 0 unspecified atom stereocenters. The average Bonchev–Trinajstić information content (AvgIpc) is 2.00. The topological polar surface area (TPSA) is 59.2 Å². The van der Waals surface area contributed by atoms with Crippen LogP contribution in [-0.4, -0.2) is 17.1 Å². The van der Waals surface area contributed by atoms with Crippen molar-refractivity contribution in [1.82, 2.24) is 4.98 Å². The molecule has 1 N–H and O–H groups in total. The molecule has 0 aliphatic rings. The van der Waals surface area contributed by atoms with Gasteiger partial charge >= 0.3 is 5.97 Å². The number of esters is 1. The van der Waals surface area contributed by atoms with E-state index >= 15 is 0 Å². The Morgan fingerprint density at radius 2 is 2.07 bits per heavy atom. The number of carbonyl (C=O) groups excluding carboxylic acids is 1. The largest absolute Gasteiger partial charge is 0.459 e. The lowest BCUT2D eigenvalue weighted by Gasteiger charge is -2.07. The Hall–Kier alpha value is -1.58. The van der Waals surface area contributed by atoms with Crippen LogP contribution in [0.4, 0.5) is 0 Å². The van der Waals surface area contributed by atoms with E-state index in [4.69, 9.17) is 4.74 Å². The summed E-state index contributed by atoms with van der Waals surface area (Å²) in [7, 11) is 0. The number of aromatic nitrogens is 1. The Morgan fingerprint density at radius 1 is 1.43 bits per heavy atom. The normalized spacial score (nSPS) is 10.3. The van der Waals surface area contributed by atoms with Gasteiger partial charge in [-0.1, -0.05) is 0 Å². The Kier molecular flexibility index (Phi) is 3.06. The van der Waals surface area contributed by atoms with E-state index in [1.165, 1.54) is 6.07 Å². The monoisotopic (exact) mass is 195 g/mol. The van der Waals surface area contributed by atoms with Gasteiger partial charge < -0.3 is 9.72 Å². The fourth-order valence-corrected chi connectivity index (χ4v) is 1.08. The molecule has 4 heteroatoms. The zero-order valence-corrected chi connectivity index (χ0v) is 8.46. The molecule has 0 saturated carbocycles. The van der Waals surface area contributed by atoms with Crippen molar-refractivity contribution in [2.45, 2.75) is 26.9 Å². The highest BCUT2D eigenvalue weighted by molar-refractivity contribution is 5.89. The summed E-state index contributed by atoms with van der Waals surface area (Å²) in [6, 6.07) is 2.82. The number of rotatable bonds is 2. The number of aromatic amines is 1. The minimum Gasteiger partial charge on any atom is -0.459 e. The van der Waals surface area contributed by atoms with Gasteiger partial charge in [0.15, 0.2) is 0 Å². The Labute approximate surface area is 81.9 Å². The second-order valence-corrected chi connectivity index (χ2v) is 3.37. The fourth-order valence-electron chi connectivity index (χ4n) is 1.08. The third kappa shape index (κ3) is 2.73. The third-order valence-corrected chi connectivity index (χ3v) is 1.56. The Morgan fingerprint density at radius 3 is 2.57 bits per heavy atom. The van der Waals surface area contributed by atoms with Gasteiger partial charge in [0.1, 0.15) is 0 Å². The quantitative estimate of drug-likeness (QED) is 0.722. The van der Waals surface area contributed by atoms with Crippen molar-refractivity contribution in [1.29, 1.82) is 0 Å². The molecular weight excluding hydrogens is 182 g/mol. The molecule has 0 aliphatic heterocycles. The number of hydrogen-bond donors (Lipinski definition) is 1. The molecule has 0 atom stereocenters. The van der Waals surface area contributed by atoms with Crippen molar-refractivity contribution in [3.8, 4) is 0 Å². The van der Waals surface area contributed by atoms with E-state index in [0.717, 1.165) is 0 Å². The van der Waals surface area contributed by atoms with Crippen molar-refractivity contribution in [2.75, 3.05) is 0 Å². The van der Waals surface area contributed by atoms with Crippen LogP contribution in [0.2, 0.25) is 0 Å². The summed E-state index contributed by atoms with van der Waals surface area (Å²) in [5, 5.41) is 0. The first-order valence-corrected chi connectivity index (χ1v) is 4.41. The third-order valence-electron chi connectivity index (χ3n) is 1.56. The van der Waals surface area contributed by atoms with Crippen LogP contribution in [0, 0.1) is 6.92 Å². The van der Waals surface area contributed by atoms with E-state index in [1.54, 1.807) is 26.8 Å². The second-order valence-electron chi connectivity index (χ2n) is 3.37. The highest BCUT2D eigenvalue weighted by atomic mass is 16.5. The van der Waals surface area contributed by atoms with Gasteiger partial charge in [-0.2, -0.15) is 0 Å². The molecule has 0 bridgehead atoms. The molecule has 0 fully saturated rings. The highest BCUT2D eigenvalue weighted by Crippen LogP contribution is 2.02. The molecule has 76 valence electrons. The number of H-pyrrole nitrogens is 1. The lowest BCUT2D eigenvalue weighted by molar-refractivity contribution is 0.0377. The van der Waals surface area contributed by atoms with Crippen molar-refractivity contribution >= 4 is 5.97 Å². The predicted molar refractivity (Wildman–Crippen MR) is 52.4 cm³/mol. The maximum atomic E-state index is 11.4. The second kappa shape index (κ2) is 4.09. The first-order valence-electron chi connectivity index (χ1n) is 4.41. The molecule has 1 aromatic heterocycles. The summed E-state index contributed by atoms with van der Waals surface area (Å²) in [4.78, 5) is 25.0. The maximum absolute atomic E-state index is 11.4. The molecule has 1 heterocycles. The van der Waals surface area contributed by atoms with E-state index in [2.05, 4.69) is 4.98 Å². The first-order chi connectivity index (χ1) is 6.49. The minimum absolute atomic E-state index is 0.179. The Bertz CT molecular complexity index is 393. The molecule has 0 radical (unpaired) electrons. The van der Waals surface area contributed by atoms with Gasteiger partial charge in [-0.25, -0.2) is 4.79 Å². The summed E-state index contributed by atoms with van der Waals surface area (Å²) in [5.41, 5.74) is 0.647. The summed E-state index contributed by atoms with van der Waals surface area (Å²) in [6.45, 7) is 5.24. The van der Waals surface area contributed by atoms with Crippen LogP contribution in [0.15, 0.2) is 16.9 Å². The predicted octanol–water partition coefficient (Wildman–Crippen LogP) is 1.25. The van der Waals surface area contributed by atoms with E-state index in [9.17, 15) is 9.59 Å². The van der Waals surface area contributed by atoms with Crippen LogP contribution in [0.3, 0.4) is 0 Å². The van der Waals surface area contributed by atoms with Gasteiger partial charge in [-0.05, 0) is 26.8 Å². The highest BCUT2D eigenvalue weighted by Gasteiger charge is 2.09. The average molecular weight is 195 g/mol. The zero-order valence-electron chi connectivity index (χ0n) is 8.46. The van der Waals surface area contributed by atoms with Crippen molar-refractivity contribution in [2.24, 2.45) is 0 Å². The van der Waals surface area contributed by atoms with Crippen LogP contribution in [0.5, 0.6) is 0 Å². The molecule has 0 spiro atoms. The summed E-state index contributed by atoms with van der Waals surface area (Å²) < 4.78 is 4.95. The number of aryl methyl sites for hydroxylation is 1. The number of nitrogens with one attached hydrogen (secondary N) is 1. The molecule has 0 aromatic carbocycles. The van der Waals surface area contributed by atoms with E-state index in [1.807, 2.05) is 0 Å². The molecule has 14 heavy (non-hydrogen) atoms. The molecule has 1 rings (SSSR count). The van der Waals surface area contributed by atoms with Gasteiger partial charge in [0.2, 0.25) is 5.56 Å². The van der Waals surface area contributed by atoms with Gasteiger partial charge in [-0.3, -0.25) is 4.79 Å². The van der Waals surface area contributed by atoms with Crippen LogP contribution >= 0.6 is 0 Å². The SMILES string of the molecule is Cc1cc(C(=O)OC(C)C)cc(=O)[nH]1. The molecule has 0 saturated heterocycles. The molecule has 4 nitrogen and oxygen atoms in total. The molecule has 1 aromatic rings. The van der Waals surface area contributed by atoms with Crippen LogP contribution in [0.1, 0.15) is 29.9 Å². The van der Waals surface area contributed by atoms with E-state index in [-0.39, 0.29) is 11.7 Å². The standard InChI is InChI=1S/C10H13NO3/c1-6(2)14-10(13)8-4-7(3)11-9(12)5-8/h4-6H,1-3H3,(H,11,12). The molecule has 0 aliphatic carbocycles. The Balaban J connectivity index is 2.96. The number of pyridine rings is 1. The van der Waals surface area contributed by atoms with Gasteiger partial charge in [0, 0.05) is 11.8 Å². The minimum atomic E-state index is -0.464. The summed E-state index contributed by atoms with van der Waals surface area (Å²) >= 11 is 0. The number of hydrogen-bond acceptors (Lipinski definition) is 3. The summed E-state index contributed by atoms with van der Waals surface area (Å²) in [6.07, 6.45) is -0.179. The lowest BCUT2D eigenvalue weighted by atomic mass is 10.2. The fraction of sp³-hybridized carbons (Fsp3) is 0.400. The van der Waals surface area contributed by atoms with Crippen LogP contribution < -0.4 is 5.56 Å². The first kappa shape index (κ1) is 10.5. The van der Waals surface area contributed by atoms with Crippen molar-refractivity contribution < 1.29 is 9.53 Å². The summed E-state index contributed by atoms with van der Waals surface area (Å²) in [5.74, 6) is -0.464. The maximum Gasteiger partial charge on any atom is 0.338 e. The molecule has 0 amide bonds. The van der Waals surface area contributed by atoms with Gasteiger partial charge in [0.25, 0.3) is 0 Å².